The molecule has 0 aliphatic carbocycles. The Balaban J connectivity index is 2.15. The summed E-state index contributed by atoms with van der Waals surface area (Å²) in [7, 11) is 0. The van der Waals surface area contributed by atoms with Crippen molar-refractivity contribution < 1.29 is 14.7 Å². The van der Waals surface area contributed by atoms with Crippen LogP contribution in [-0.4, -0.2) is 41.6 Å². The largest absolute Gasteiger partial charge is 0.481 e. The maximum atomic E-state index is 11.4. The van der Waals surface area contributed by atoms with Gasteiger partial charge in [0.05, 0.1) is 6.42 Å². The van der Waals surface area contributed by atoms with E-state index in [4.69, 9.17) is 5.11 Å². The molecule has 0 spiro atoms. The second kappa shape index (κ2) is 5.00. The van der Waals surface area contributed by atoms with Gasteiger partial charge in [0, 0.05) is 25.6 Å². The second-order valence-electron chi connectivity index (χ2n) is 4.45. The van der Waals surface area contributed by atoms with Gasteiger partial charge < -0.3 is 15.3 Å². The van der Waals surface area contributed by atoms with E-state index in [-0.39, 0.29) is 18.4 Å². The van der Waals surface area contributed by atoms with Crippen molar-refractivity contribution >= 4 is 12.0 Å². The minimum absolute atomic E-state index is 0.0784. The molecule has 1 heterocycles. The van der Waals surface area contributed by atoms with E-state index in [9.17, 15) is 9.59 Å². The molecule has 0 aromatic carbocycles. The average Bonchev–Trinajstić information content (AvgIpc) is 2.06. The Morgan fingerprint density at radius 1 is 1.47 bits per heavy atom. The van der Waals surface area contributed by atoms with Gasteiger partial charge in [-0.1, -0.05) is 13.8 Å². The Morgan fingerprint density at radius 2 is 2.07 bits per heavy atom. The first-order chi connectivity index (χ1) is 6.99. The van der Waals surface area contributed by atoms with Crippen molar-refractivity contribution in [2.75, 3.05) is 19.6 Å². The molecular weight excluding hydrogens is 196 g/mol. The molecular formula is C10H18N2O3. The smallest absolute Gasteiger partial charge is 0.317 e. The van der Waals surface area contributed by atoms with Crippen LogP contribution >= 0.6 is 0 Å². The first kappa shape index (κ1) is 11.8. The van der Waals surface area contributed by atoms with Gasteiger partial charge in [-0.2, -0.15) is 0 Å². The van der Waals surface area contributed by atoms with Crippen molar-refractivity contribution in [2.24, 2.45) is 11.8 Å². The normalized spacial score (nSPS) is 16.3. The number of likely N-dealkylation sites (tertiary alicyclic amines) is 1. The van der Waals surface area contributed by atoms with Crippen LogP contribution in [0.1, 0.15) is 20.3 Å². The summed E-state index contributed by atoms with van der Waals surface area (Å²) >= 11 is 0. The van der Waals surface area contributed by atoms with Gasteiger partial charge in [0.25, 0.3) is 0 Å². The van der Waals surface area contributed by atoms with Gasteiger partial charge in [-0.3, -0.25) is 4.79 Å². The molecule has 86 valence electrons. The molecule has 0 atom stereocenters. The van der Waals surface area contributed by atoms with Crippen LogP contribution in [-0.2, 0) is 4.79 Å². The number of carbonyl (C=O) groups is 2. The Bertz CT molecular complexity index is 247. The number of carboxylic acid groups (broad SMARTS) is 1. The SMILES string of the molecule is CC(C)CNC(=O)N1CC(CC(=O)O)C1. The van der Waals surface area contributed by atoms with E-state index in [0.717, 1.165) is 0 Å². The standard InChI is InChI=1S/C10H18N2O3/c1-7(2)4-11-10(15)12-5-8(6-12)3-9(13)14/h7-8H,3-6H2,1-2H3,(H,11,15)(H,13,14). The van der Waals surface area contributed by atoms with E-state index in [0.29, 0.717) is 25.6 Å². The van der Waals surface area contributed by atoms with Gasteiger partial charge in [-0.05, 0) is 5.92 Å². The fraction of sp³-hybridized carbons (Fsp3) is 0.800. The fourth-order valence-electron chi connectivity index (χ4n) is 1.51. The Hall–Kier alpha value is -1.26. The van der Waals surface area contributed by atoms with Crippen LogP contribution in [0.5, 0.6) is 0 Å². The Kier molecular flexibility index (Phi) is 3.94. The first-order valence-electron chi connectivity index (χ1n) is 5.23. The highest BCUT2D eigenvalue weighted by atomic mass is 16.4. The van der Waals surface area contributed by atoms with Gasteiger partial charge in [0.2, 0.25) is 0 Å². The zero-order valence-electron chi connectivity index (χ0n) is 9.19. The molecule has 5 heteroatoms. The summed E-state index contributed by atoms with van der Waals surface area (Å²) in [5.74, 6) is -0.223. The Morgan fingerprint density at radius 3 is 2.53 bits per heavy atom. The summed E-state index contributed by atoms with van der Waals surface area (Å²) < 4.78 is 0. The predicted octanol–water partition coefficient (Wildman–Crippen LogP) is 0.759. The van der Waals surface area contributed by atoms with Crippen LogP contribution in [0.15, 0.2) is 0 Å². The monoisotopic (exact) mass is 214 g/mol. The van der Waals surface area contributed by atoms with Crippen LogP contribution in [0.4, 0.5) is 4.79 Å². The molecule has 15 heavy (non-hydrogen) atoms. The van der Waals surface area contributed by atoms with Crippen LogP contribution in [0.2, 0.25) is 0 Å². The molecule has 0 saturated carbocycles. The minimum Gasteiger partial charge on any atom is -0.481 e. The summed E-state index contributed by atoms with van der Waals surface area (Å²) in [6.45, 7) is 5.86. The number of urea groups is 1. The Labute approximate surface area is 89.4 Å². The van der Waals surface area contributed by atoms with Gasteiger partial charge in [-0.25, -0.2) is 4.79 Å². The van der Waals surface area contributed by atoms with Crippen LogP contribution in [0.3, 0.4) is 0 Å². The highest BCUT2D eigenvalue weighted by Crippen LogP contribution is 2.18. The summed E-state index contributed by atoms with van der Waals surface area (Å²) in [5, 5.41) is 11.3. The van der Waals surface area contributed by atoms with Crippen molar-refractivity contribution in [3.63, 3.8) is 0 Å². The number of carboxylic acids is 1. The zero-order chi connectivity index (χ0) is 11.4. The van der Waals surface area contributed by atoms with Gasteiger partial charge >= 0.3 is 12.0 Å². The molecule has 0 unspecified atom stereocenters. The number of nitrogens with zero attached hydrogens (tertiary/aromatic N) is 1. The summed E-state index contributed by atoms with van der Waals surface area (Å²) in [4.78, 5) is 23.5. The highest BCUT2D eigenvalue weighted by Gasteiger charge is 2.31. The lowest BCUT2D eigenvalue weighted by Gasteiger charge is -2.38. The fourth-order valence-corrected chi connectivity index (χ4v) is 1.51. The number of hydrogen-bond donors (Lipinski definition) is 2. The first-order valence-corrected chi connectivity index (χ1v) is 5.23. The van der Waals surface area contributed by atoms with Crippen LogP contribution < -0.4 is 5.32 Å². The highest BCUT2D eigenvalue weighted by molar-refractivity contribution is 5.75. The molecule has 1 aliphatic rings. The van der Waals surface area contributed by atoms with Crippen LogP contribution in [0, 0.1) is 11.8 Å². The molecule has 1 fully saturated rings. The molecule has 0 bridgehead atoms. The van der Waals surface area contributed by atoms with Gasteiger partial charge in [0.15, 0.2) is 0 Å². The van der Waals surface area contributed by atoms with E-state index >= 15 is 0 Å². The molecule has 2 amide bonds. The molecule has 1 aliphatic heterocycles. The number of amides is 2. The van der Waals surface area contributed by atoms with Gasteiger partial charge in [-0.15, -0.1) is 0 Å². The molecule has 1 saturated heterocycles. The summed E-state index contributed by atoms with van der Waals surface area (Å²) in [6.07, 6.45) is 0.161. The predicted molar refractivity (Wildman–Crippen MR) is 55.6 cm³/mol. The summed E-state index contributed by atoms with van der Waals surface area (Å²) in [6, 6.07) is -0.0784. The lowest BCUT2D eigenvalue weighted by molar-refractivity contribution is -0.139. The van der Waals surface area contributed by atoms with Crippen molar-refractivity contribution in [3.05, 3.63) is 0 Å². The van der Waals surface area contributed by atoms with E-state index in [1.807, 2.05) is 13.8 Å². The zero-order valence-corrected chi connectivity index (χ0v) is 9.19. The molecule has 0 aromatic heterocycles. The van der Waals surface area contributed by atoms with E-state index in [2.05, 4.69) is 5.32 Å². The van der Waals surface area contributed by atoms with E-state index < -0.39 is 5.97 Å². The van der Waals surface area contributed by atoms with Crippen LogP contribution in [0.25, 0.3) is 0 Å². The summed E-state index contributed by atoms with van der Waals surface area (Å²) in [5.41, 5.74) is 0. The lowest BCUT2D eigenvalue weighted by atomic mass is 9.97. The molecule has 0 radical (unpaired) electrons. The van der Waals surface area contributed by atoms with Gasteiger partial charge in [0.1, 0.15) is 0 Å². The third-order valence-electron chi connectivity index (χ3n) is 2.37. The number of carbonyl (C=O) groups excluding carboxylic acids is 1. The number of nitrogens with one attached hydrogen (secondary N) is 1. The van der Waals surface area contributed by atoms with Crippen molar-refractivity contribution in [3.8, 4) is 0 Å². The third kappa shape index (κ3) is 3.77. The average molecular weight is 214 g/mol. The van der Waals surface area contributed by atoms with Crippen molar-refractivity contribution in [2.45, 2.75) is 20.3 Å². The van der Waals surface area contributed by atoms with Crippen molar-refractivity contribution in [1.29, 1.82) is 0 Å². The molecule has 2 N–H and O–H groups in total. The van der Waals surface area contributed by atoms with Crippen molar-refractivity contribution in [1.82, 2.24) is 10.2 Å². The third-order valence-corrected chi connectivity index (χ3v) is 2.37. The maximum Gasteiger partial charge on any atom is 0.317 e. The molecule has 1 rings (SSSR count). The van der Waals surface area contributed by atoms with E-state index in [1.54, 1.807) is 4.90 Å². The lowest BCUT2D eigenvalue weighted by Crippen LogP contribution is -2.54. The number of aliphatic carboxylic acids is 1. The number of hydrogen-bond acceptors (Lipinski definition) is 2. The maximum absolute atomic E-state index is 11.4. The molecule has 0 aromatic rings. The minimum atomic E-state index is -0.790. The van der Waals surface area contributed by atoms with E-state index in [1.165, 1.54) is 0 Å². The quantitative estimate of drug-likeness (QED) is 0.725. The topological polar surface area (TPSA) is 69.6 Å². The second-order valence-corrected chi connectivity index (χ2v) is 4.45. The molecule has 5 nitrogen and oxygen atoms in total. The number of rotatable bonds is 4.